The number of hydrogen-bond donors (Lipinski definition) is 1. The van der Waals surface area contributed by atoms with E-state index in [9.17, 15) is 19.1 Å². The molecular weight excluding hydrogens is 387 g/mol. The average Bonchev–Trinajstić information content (AvgIpc) is 3.05. The molecule has 1 aliphatic heterocycles. The van der Waals surface area contributed by atoms with E-state index in [4.69, 9.17) is 4.74 Å². The minimum Gasteiger partial charge on any atom is -0.507 e. The molecule has 0 saturated carbocycles. The molecule has 3 aromatic rings. The summed E-state index contributed by atoms with van der Waals surface area (Å²) in [5.74, 6) is -2.69. The van der Waals surface area contributed by atoms with Gasteiger partial charge in [0.2, 0.25) is 0 Å². The lowest BCUT2D eigenvalue weighted by atomic mass is 9.97. The number of aliphatic hydroxyl groups is 1. The highest BCUT2D eigenvalue weighted by Gasteiger charge is 2.47. The maximum Gasteiger partial charge on any atom is 0.300 e. The van der Waals surface area contributed by atoms with Gasteiger partial charge in [0.15, 0.2) is 0 Å². The van der Waals surface area contributed by atoms with Crippen LogP contribution in [-0.2, 0) is 9.59 Å². The van der Waals surface area contributed by atoms with Crippen LogP contribution in [0.15, 0.2) is 78.5 Å². The van der Waals surface area contributed by atoms with Gasteiger partial charge in [0, 0.05) is 11.9 Å². The van der Waals surface area contributed by atoms with Crippen molar-refractivity contribution < 1.29 is 23.8 Å². The van der Waals surface area contributed by atoms with Gasteiger partial charge < -0.3 is 9.84 Å². The molecule has 1 N–H and O–H groups in total. The van der Waals surface area contributed by atoms with E-state index < -0.39 is 29.3 Å². The number of carbonyl (C=O) groups excluding carboxylic acids is 2. The van der Waals surface area contributed by atoms with Crippen molar-refractivity contribution in [2.75, 3.05) is 12.0 Å². The average molecular weight is 404 g/mol. The number of amides is 1. The Kier molecular flexibility index (Phi) is 5.02. The summed E-state index contributed by atoms with van der Waals surface area (Å²) in [7, 11) is 1.36. The van der Waals surface area contributed by atoms with Gasteiger partial charge in [-0.05, 0) is 42.5 Å². The van der Waals surface area contributed by atoms with Crippen LogP contribution in [0, 0.1) is 5.82 Å². The first-order valence-electron chi connectivity index (χ1n) is 9.14. The van der Waals surface area contributed by atoms with Crippen molar-refractivity contribution in [1.29, 1.82) is 0 Å². The zero-order valence-corrected chi connectivity index (χ0v) is 15.9. The van der Waals surface area contributed by atoms with Gasteiger partial charge in [-0.25, -0.2) is 4.39 Å². The second-order valence-electron chi connectivity index (χ2n) is 6.60. The second-order valence-corrected chi connectivity index (χ2v) is 6.60. The second kappa shape index (κ2) is 7.79. The molecule has 0 spiro atoms. The molecule has 30 heavy (non-hydrogen) atoms. The van der Waals surface area contributed by atoms with Crippen molar-refractivity contribution in [1.82, 2.24) is 4.98 Å². The number of nitrogens with zero attached hydrogens (tertiary/aromatic N) is 2. The number of aromatic nitrogens is 1. The Morgan fingerprint density at radius 1 is 1.07 bits per heavy atom. The Bertz CT molecular complexity index is 1150. The summed E-state index contributed by atoms with van der Waals surface area (Å²) in [6.07, 6.45) is 1.53. The maximum absolute atomic E-state index is 13.9. The molecule has 1 unspecified atom stereocenters. The molecule has 1 amide bonds. The van der Waals surface area contributed by atoms with Crippen LogP contribution in [-0.4, -0.2) is 28.9 Å². The van der Waals surface area contributed by atoms with E-state index >= 15 is 0 Å². The third-order valence-corrected chi connectivity index (χ3v) is 4.86. The van der Waals surface area contributed by atoms with Crippen molar-refractivity contribution in [3.8, 4) is 5.75 Å². The van der Waals surface area contributed by atoms with Crippen molar-refractivity contribution in [3.63, 3.8) is 0 Å². The molecule has 2 heterocycles. The number of pyridine rings is 1. The molecule has 7 heteroatoms. The van der Waals surface area contributed by atoms with E-state index in [1.807, 2.05) is 0 Å². The number of hydrogen-bond acceptors (Lipinski definition) is 5. The number of rotatable bonds is 4. The lowest BCUT2D eigenvalue weighted by Gasteiger charge is -2.24. The van der Waals surface area contributed by atoms with E-state index in [0.717, 1.165) is 6.07 Å². The molecule has 4 rings (SSSR count). The zero-order valence-electron chi connectivity index (χ0n) is 15.9. The van der Waals surface area contributed by atoms with Crippen LogP contribution in [0.2, 0.25) is 0 Å². The molecule has 0 aliphatic carbocycles. The van der Waals surface area contributed by atoms with Gasteiger partial charge in [-0.15, -0.1) is 0 Å². The van der Waals surface area contributed by atoms with Crippen LogP contribution >= 0.6 is 0 Å². The van der Waals surface area contributed by atoms with E-state index in [0.29, 0.717) is 11.4 Å². The third-order valence-electron chi connectivity index (χ3n) is 4.86. The predicted molar refractivity (Wildman–Crippen MR) is 108 cm³/mol. The number of halogens is 1. The lowest BCUT2D eigenvalue weighted by molar-refractivity contribution is -0.132. The van der Waals surface area contributed by atoms with E-state index in [1.165, 1.54) is 30.3 Å². The fourth-order valence-corrected chi connectivity index (χ4v) is 3.52. The number of benzene rings is 2. The Hall–Kier alpha value is -4.00. The summed E-state index contributed by atoms with van der Waals surface area (Å²) in [4.78, 5) is 31.5. The van der Waals surface area contributed by atoms with Gasteiger partial charge >= 0.3 is 0 Å². The highest BCUT2D eigenvalue weighted by Crippen LogP contribution is 2.42. The molecule has 150 valence electrons. The zero-order chi connectivity index (χ0) is 21.3. The number of para-hydroxylation sites is 1. The van der Waals surface area contributed by atoms with Crippen LogP contribution < -0.4 is 9.64 Å². The van der Waals surface area contributed by atoms with Crippen molar-refractivity contribution in [2.45, 2.75) is 6.04 Å². The van der Waals surface area contributed by atoms with Gasteiger partial charge in [-0.2, -0.15) is 0 Å². The standard InChI is InChI=1S/C23H17FN2O4/c1-30-18-11-10-14(24)13-16(18)21(27)19-20(17-9-5-6-12-25-17)26(23(29)22(19)28)15-7-3-2-4-8-15/h2-13,20,27H,1H3/b21-19+. The smallest absolute Gasteiger partial charge is 0.300 e. The molecule has 1 saturated heterocycles. The largest absolute Gasteiger partial charge is 0.507 e. The Balaban J connectivity index is 1.98. The number of aliphatic hydroxyl groups excluding tert-OH is 1. The van der Waals surface area contributed by atoms with Crippen molar-refractivity contribution in [3.05, 3.63) is 95.6 Å². The normalized spacial score (nSPS) is 17.9. The number of ether oxygens (including phenoxy) is 1. The number of anilines is 1. The molecule has 1 aliphatic rings. The van der Waals surface area contributed by atoms with Gasteiger partial charge in [0.25, 0.3) is 11.7 Å². The van der Waals surface area contributed by atoms with E-state index in [1.54, 1.807) is 48.5 Å². The fraction of sp³-hybridized carbons (Fsp3) is 0.0870. The summed E-state index contributed by atoms with van der Waals surface area (Å²) >= 11 is 0. The Morgan fingerprint density at radius 2 is 1.80 bits per heavy atom. The minimum atomic E-state index is -0.985. The molecule has 2 aromatic carbocycles. The van der Waals surface area contributed by atoms with Crippen LogP contribution in [0.4, 0.5) is 10.1 Å². The van der Waals surface area contributed by atoms with Crippen LogP contribution in [0.3, 0.4) is 0 Å². The highest BCUT2D eigenvalue weighted by molar-refractivity contribution is 6.51. The van der Waals surface area contributed by atoms with Crippen molar-refractivity contribution in [2.24, 2.45) is 0 Å². The topological polar surface area (TPSA) is 79.7 Å². The van der Waals surface area contributed by atoms with E-state index in [-0.39, 0.29) is 16.9 Å². The molecule has 1 aromatic heterocycles. The predicted octanol–water partition coefficient (Wildman–Crippen LogP) is 3.86. The van der Waals surface area contributed by atoms with Crippen molar-refractivity contribution >= 4 is 23.1 Å². The van der Waals surface area contributed by atoms with Crippen LogP contribution in [0.25, 0.3) is 5.76 Å². The molecule has 0 bridgehead atoms. The maximum atomic E-state index is 13.9. The summed E-state index contributed by atoms with van der Waals surface area (Å²) in [6.45, 7) is 0. The Labute approximate surface area is 171 Å². The summed E-state index contributed by atoms with van der Waals surface area (Å²) in [5.41, 5.74) is 0.647. The first kappa shape index (κ1) is 19.3. The summed E-state index contributed by atoms with van der Waals surface area (Å²) < 4.78 is 19.1. The number of ketones is 1. The van der Waals surface area contributed by atoms with Gasteiger partial charge in [-0.3, -0.25) is 19.5 Å². The summed E-state index contributed by atoms with van der Waals surface area (Å²) in [5, 5.41) is 11.0. The molecule has 0 radical (unpaired) electrons. The third kappa shape index (κ3) is 3.20. The quantitative estimate of drug-likeness (QED) is 0.406. The number of Topliss-reactive ketones (excluding diaryl/α,β-unsaturated/α-hetero) is 1. The number of methoxy groups -OCH3 is 1. The molecular formula is C23H17FN2O4. The minimum absolute atomic E-state index is 0.0236. The van der Waals surface area contributed by atoms with Crippen LogP contribution in [0.1, 0.15) is 17.3 Å². The van der Waals surface area contributed by atoms with Crippen LogP contribution in [0.5, 0.6) is 5.75 Å². The summed E-state index contributed by atoms with van der Waals surface area (Å²) in [6, 6.07) is 16.3. The molecule has 6 nitrogen and oxygen atoms in total. The van der Waals surface area contributed by atoms with Gasteiger partial charge in [0.05, 0.1) is 23.9 Å². The van der Waals surface area contributed by atoms with Gasteiger partial charge in [-0.1, -0.05) is 24.3 Å². The Morgan fingerprint density at radius 3 is 2.47 bits per heavy atom. The highest BCUT2D eigenvalue weighted by atomic mass is 19.1. The van der Waals surface area contributed by atoms with E-state index in [2.05, 4.69) is 4.98 Å². The lowest BCUT2D eigenvalue weighted by Crippen LogP contribution is -2.29. The monoisotopic (exact) mass is 404 g/mol. The molecule has 1 fully saturated rings. The molecule has 1 atom stereocenters. The first-order valence-corrected chi connectivity index (χ1v) is 9.14. The number of carbonyl (C=O) groups is 2. The fourth-order valence-electron chi connectivity index (χ4n) is 3.52. The SMILES string of the molecule is COc1ccc(F)cc1/C(O)=C1\C(=O)C(=O)N(c2ccccc2)C1c1ccccn1. The van der Waals surface area contributed by atoms with Gasteiger partial charge in [0.1, 0.15) is 23.4 Å². The first-order chi connectivity index (χ1) is 14.5.